The molecule has 148 valence electrons. The Kier molecular flexibility index (Phi) is 5.92. The average Bonchev–Trinajstić information content (AvgIpc) is 2.53. The van der Waals surface area contributed by atoms with Crippen LogP contribution in [0.15, 0.2) is 24.3 Å². The number of amides is 1. The third-order valence-corrected chi connectivity index (χ3v) is 3.89. The summed E-state index contributed by atoms with van der Waals surface area (Å²) in [4.78, 5) is 35.9. The molecule has 1 atom stereocenters. The second kappa shape index (κ2) is 7.81. The topological polar surface area (TPSA) is 108 Å². The zero-order valence-corrected chi connectivity index (χ0v) is 15.9. The molecule has 0 radical (unpaired) electrons. The van der Waals surface area contributed by atoms with E-state index in [0.717, 1.165) is 0 Å². The number of hydrogen-bond acceptors (Lipinski definition) is 7. The van der Waals surface area contributed by atoms with E-state index in [-0.39, 0.29) is 18.0 Å². The monoisotopic (exact) mass is 380 g/mol. The van der Waals surface area contributed by atoms with E-state index in [4.69, 9.17) is 14.2 Å². The molecule has 1 heterocycles. The van der Waals surface area contributed by atoms with E-state index in [1.165, 1.54) is 29.2 Å². The smallest absolute Gasteiger partial charge is 0.444 e. The lowest BCUT2D eigenvalue weighted by Crippen LogP contribution is -2.52. The summed E-state index contributed by atoms with van der Waals surface area (Å²) in [6.45, 7) is 7.79. The number of benzene rings is 1. The number of hydrogen-bond donors (Lipinski definition) is 0. The van der Waals surface area contributed by atoms with Crippen LogP contribution in [0.5, 0.6) is 5.75 Å². The summed E-state index contributed by atoms with van der Waals surface area (Å²) in [5.74, 6) is 0.133. The van der Waals surface area contributed by atoms with Crippen molar-refractivity contribution in [1.82, 2.24) is 4.90 Å². The van der Waals surface area contributed by atoms with Crippen molar-refractivity contribution in [1.29, 1.82) is 0 Å². The second-order valence-electron chi connectivity index (χ2n) is 7.66. The highest BCUT2D eigenvalue weighted by Crippen LogP contribution is 2.27. The molecule has 2 rings (SSSR count). The number of nitro groups is 1. The Balaban J connectivity index is 1.95. The highest BCUT2D eigenvalue weighted by molar-refractivity contribution is 5.69. The molecule has 1 aromatic carbocycles. The van der Waals surface area contributed by atoms with Crippen molar-refractivity contribution in [3.63, 3.8) is 0 Å². The number of nitrogens with zero attached hydrogens (tertiary/aromatic N) is 2. The maximum atomic E-state index is 12.2. The molecule has 0 aromatic heterocycles. The Labute approximate surface area is 157 Å². The van der Waals surface area contributed by atoms with Crippen LogP contribution in [0.1, 0.15) is 40.5 Å². The lowest BCUT2D eigenvalue weighted by atomic mass is 9.95. The minimum Gasteiger partial charge on any atom is -0.444 e. The van der Waals surface area contributed by atoms with Gasteiger partial charge in [0, 0.05) is 18.7 Å². The van der Waals surface area contributed by atoms with Gasteiger partial charge in [0.1, 0.15) is 17.0 Å². The van der Waals surface area contributed by atoms with Crippen molar-refractivity contribution in [3.8, 4) is 5.75 Å². The fourth-order valence-electron chi connectivity index (χ4n) is 2.73. The lowest BCUT2D eigenvalue weighted by Gasteiger charge is -2.39. The van der Waals surface area contributed by atoms with Gasteiger partial charge in [-0.3, -0.25) is 10.1 Å². The van der Waals surface area contributed by atoms with Gasteiger partial charge in [-0.15, -0.1) is 0 Å². The quantitative estimate of drug-likeness (QED) is 0.338. The normalized spacial score (nSPS) is 19.9. The van der Waals surface area contributed by atoms with Crippen molar-refractivity contribution in [2.24, 2.45) is 0 Å². The Morgan fingerprint density at radius 1 is 1.22 bits per heavy atom. The van der Waals surface area contributed by atoms with Crippen LogP contribution in [0.3, 0.4) is 0 Å². The fourth-order valence-corrected chi connectivity index (χ4v) is 2.73. The average molecular weight is 380 g/mol. The molecule has 1 amide bonds. The van der Waals surface area contributed by atoms with Gasteiger partial charge in [0.25, 0.3) is 5.69 Å². The lowest BCUT2D eigenvalue weighted by molar-refractivity contribution is -0.384. The van der Waals surface area contributed by atoms with E-state index in [1.54, 1.807) is 27.7 Å². The van der Waals surface area contributed by atoms with E-state index in [0.29, 0.717) is 19.4 Å². The van der Waals surface area contributed by atoms with Gasteiger partial charge in [-0.1, -0.05) is 0 Å². The zero-order valence-electron chi connectivity index (χ0n) is 15.9. The number of non-ortho nitro benzene ring substituents is 1. The summed E-state index contributed by atoms with van der Waals surface area (Å²) in [5, 5.41) is 10.6. The number of ether oxygens (including phenoxy) is 3. The summed E-state index contributed by atoms with van der Waals surface area (Å²) in [7, 11) is 0. The Morgan fingerprint density at radius 3 is 2.41 bits per heavy atom. The van der Waals surface area contributed by atoms with Gasteiger partial charge >= 0.3 is 12.2 Å². The first kappa shape index (κ1) is 20.5. The maximum Gasteiger partial charge on any atom is 0.514 e. The minimum atomic E-state index is -0.933. The molecule has 0 spiro atoms. The van der Waals surface area contributed by atoms with Gasteiger partial charge in [-0.25, -0.2) is 9.59 Å². The van der Waals surface area contributed by atoms with Crippen LogP contribution in [-0.2, 0) is 9.47 Å². The molecule has 1 aromatic rings. The SMILES string of the molecule is CC(C)(C)OC(=O)N1CCC[C@](C)(OC(=O)Oc2ccc([N+](=O)[O-])cc2)C1. The van der Waals surface area contributed by atoms with E-state index in [2.05, 4.69) is 0 Å². The minimum absolute atomic E-state index is 0.108. The van der Waals surface area contributed by atoms with Crippen molar-refractivity contribution < 1.29 is 28.7 Å². The number of carbonyl (C=O) groups excluding carboxylic acids is 2. The Hall–Kier alpha value is -2.84. The van der Waals surface area contributed by atoms with Gasteiger partial charge in [-0.05, 0) is 52.7 Å². The van der Waals surface area contributed by atoms with E-state index in [1.807, 2.05) is 0 Å². The molecule has 0 saturated carbocycles. The van der Waals surface area contributed by atoms with Crippen molar-refractivity contribution in [2.45, 2.75) is 51.7 Å². The van der Waals surface area contributed by atoms with Gasteiger partial charge in [-0.2, -0.15) is 0 Å². The standard InChI is InChI=1S/C18H24N2O7/c1-17(2,3)26-15(21)19-11-5-10-18(4,12-19)27-16(22)25-14-8-6-13(7-9-14)20(23)24/h6-9H,5,10-12H2,1-4H3/t18-/m0/s1. The summed E-state index contributed by atoms with van der Waals surface area (Å²) in [6.07, 6.45) is -0.166. The predicted octanol–water partition coefficient (Wildman–Crippen LogP) is 3.90. The molecular weight excluding hydrogens is 356 g/mol. The Bertz CT molecular complexity index is 711. The molecule has 0 aliphatic carbocycles. The highest BCUT2D eigenvalue weighted by atomic mass is 16.7. The summed E-state index contributed by atoms with van der Waals surface area (Å²) >= 11 is 0. The van der Waals surface area contributed by atoms with Crippen molar-refractivity contribution in [2.75, 3.05) is 13.1 Å². The van der Waals surface area contributed by atoms with Gasteiger partial charge in [0.2, 0.25) is 0 Å². The molecule has 9 heteroatoms. The molecular formula is C18H24N2O7. The van der Waals surface area contributed by atoms with Crippen molar-refractivity contribution >= 4 is 17.9 Å². The molecule has 1 aliphatic heterocycles. The number of rotatable bonds is 3. The van der Waals surface area contributed by atoms with Crippen LogP contribution in [0.25, 0.3) is 0 Å². The molecule has 1 saturated heterocycles. The van der Waals surface area contributed by atoms with E-state index < -0.39 is 28.4 Å². The van der Waals surface area contributed by atoms with Crippen LogP contribution >= 0.6 is 0 Å². The highest BCUT2D eigenvalue weighted by Gasteiger charge is 2.38. The van der Waals surface area contributed by atoms with Crippen LogP contribution < -0.4 is 4.74 Å². The van der Waals surface area contributed by atoms with Crippen molar-refractivity contribution in [3.05, 3.63) is 34.4 Å². The third-order valence-electron chi connectivity index (χ3n) is 3.89. The number of piperidine rings is 1. The van der Waals surface area contributed by atoms with Crippen LogP contribution in [0.2, 0.25) is 0 Å². The maximum absolute atomic E-state index is 12.2. The molecule has 0 N–H and O–H groups in total. The summed E-state index contributed by atoms with van der Waals surface area (Å²) in [5.41, 5.74) is -1.63. The van der Waals surface area contributed by atoms with Gasteiger partial charge < -0.3 is 19.1 Å². The fraction of sp³-hybridized carbons (Fsp3) is 0.556. The first-order valence-electron chi connectivity index (χ1n) is 8.61. The number of nitro benzene ring substituents is 1. The van der Waals surface area contributed by atoms with E-state index in [9.17, 15) is 19.7 Å². The predicted molar refractivity (Wildman–Crippen MR) is 95.7 cm³/mol. The molecule has 1 fully saturated rings. The zero-order chi connectivity index (χ0) is 20.2. The van der Waals surface area contributed by atoms with Crippen LogP contribution in [0, 0.1) is 10.1 Å². The van der Waals surface area contributed by atoms with Gasteiger partial charge in [0.15, 0.2) is 0 Å². The molecule has 1 aliphatic rings. The number of likely N-dealkylation sites (tertiary alicyclic amines) is 1. The molecule has 0 bridgehead atoms. The van der Waals surface area contributed by atoms with Crippen LogP contribution in [0.4, 0.5) is 15.3 Å². The number of carbonyl (C=O) groups is 2. The summed E-state index contributed by atoms with van der Waals surface area (Å²) in [6, 6.07) is 5.09. The van der Waals surface area contributed by atoms with Crippen LogP contribution in [-0.4, -0.2) is 46.4 Å². The molecule has 0 unspecified atom stereocenters. The van der Waals surface area contributed by atoms with E-state index >= 15 is 0 Å². The third kappa shape index (κ3) is 6.12. The summed E-state index contributed by atoms with van der Waals surface area (Å²) < 4.78 is 15.9. The second-order valence-corrected chi connectivity index (χ2v) is 7.66. The largest absolute Gasteiger partial charge is 0.514 e. The van der Waals surface area contributed by atoms with Gasteiger partial charge in [0.05, 0.1) is 11.5 Å². The first-order valence-corrected chi connectivity index (χ1v) is 8.61. The Morgan fingerprint density at radius 2 is 1.85 bits per heavy atom. The first-order chi connectivity index (χ1) is 12.5. The molecule has 9 nitrogen and oxygen atoms in total. The molecule has 27 heavy (non-hydrogen) atoms.